The van der Waals surface area contributed by atoms with Crippen molar-refractivity contribution in [1.82, 2.24) is 4.72 Å². The summed E-state index contributed by atoms with van der Waals surface area (Å²) in [5.41, 5.74) is 0. The highest BCUT2D eigenvalue weighted by molar-refractivity contribution is 7.89. The number of ether oxygens (including phenoxy) is 2. The lowest BCUT2D eigenvalue weighted by Gasteiger charge is -2.14. The molecule has 0 aromatic heterocycles. The van der Waals surface area contributed by atoms with Gasteiger partial charge in [0.15, 0.2) is 0 Å². The summed E-state index contributed by atoms with van der Waals surface area (Å²) in [5, 5.41) is 8.85. The molecule has 0 saturated heterocycles. The van der Waals surface area contributed by atoms with Crippen molar-refractivity contribution in [1.29, 1.82) is 0 Å². The van der Waals surface area contributed by atoms with E-state index >= 15 is 0 Å². The van der Waals surface area contributed by atoms with Gasteiger partial charge in [-0.05, 0) is 13.3 Å². The molecule has 1 unspecified atom stereocenters. The van der Waals surface area contributed by atoms with E-state index in [1.165, 1.54) is 7.11 Å². The summed E-state index contributed by atoms with van der Waals surface area (Å²) in [4.78, 5) is 21.9. The Morgan fingerprint density at radius 3 is 2.47 bits per heavy atom. The van der Waals surface area contributed by atoms with Crippen molar-refractivity contribution >= 4 is 22.0 Å². The molecule has 0 aliphatic rings. The number of aliphatic carboxylic acids is 1. The van der Waals surface area contributed by atoms with Crippen molar-refractivity contribution in [2.45, 2.75) is 25.8 Å². The Bertz CT molecular complexity index is 393. The van der Waals surface area contributed by atoms with Gasteiger partial charge in [-0.3, -0.25) is 9.59 Å². The van der Waals surface area contributed by atoms with E-state index in [1.54, 1.807) is 6.92 Å². The van der Waals surface area contributed by atoms with Gasteiger partial charge >= 0.3 is 11.9 Å². The standard InChI is InChI=1S/C10H19NO7S/c1-3-18-9(12)5-7-19(15,16)11-8(10(13)14)4-6-17-2/h8,11H,3-7H2,1-2H3,(H,13,14). The summed E-state index contributed by atoms with van der Waals surface area (Å²) in [6, 6.07) is -1.27. The van der Waals surface area contributed by atoms with Crippen molar-refractivity contribution in [3.8, 4) is 0 Å². The van der Waals surface area contributed by atoms with Crippen LogP contribution in [0.25, 0.3) is 0 Å². The van der Waals surface area contributed by atoms with Crippen LogP contribution in [-0.4, -0.2) is 57.6 Å². The highest BCUT2D eigenvalue weighted by Gasteiger charge is 2.24. The Balaban J connectivity index is 4.38. The molecule has 0 amide bonds. The number of hydrogen-bond acceptors (Lipinski definition) is 6. The lowest BCUT2D eigenvalue weighted by Crippen LogP contribution is -2.42. The number of carbonyl (C=O) groups excluding carboxylic acids is 1. The maximum Gasteiger partial charge on any atom is 0.321 e. The normalized spacial score (nSPS) is 12.9. The van der Waals surface area contributed by atoms with Crippen LogP contribution in [0.2, 0.25) is 0 Å². The molecule has 9 heteroatoms. The first kappa shape index (κ1) is 17.8. The SMILES string of the molecule is CCOC(=O)CCS(=O)(=O)NC(CCOC)C(=O)O. The van der Waals surface area contributed by atoms with Crippen LogP contribution < -0.4 is 4.72 Å². The van der Waals surface area contributed by atoms with Crippen LogP contribution in [0.3, 0.4) is 0 Å². The van der Waals surface area contributed by atoms with Gasteiger partial charge in [-0.15, -0.1) is 0 Å². The zero-order chi connectivity index (χ0) is 14.9. The zero-order valence-corrected chi connectivity index (χ0v) is 11.7. The summed E-state index contributed by atoms with van der Waals surface area (Å²) in [7, 11) is -2.47. The van der Waals surface area contributed by atoms with E-state index in [2.05, 4.69) is 4.74 Å². The van der Waals surface area contributed by atoms with Crippen molar-refractivity contribution in [2.75, 3.05) is 26.1 Å². The van der Waals surface area contributed by atoms with Crippen molar-refractivity contribution in [2.24, 2.45) is 0 Å². The van der Waals surface area contributed by atoms with E-state index in [4.69, 9.17) is 9.84 Å². The molecule has 1 atom stereocenters. The second kappa shape index (κ2) is 8.83. The molecule has 0 radical (unpaired) electrons. The average molecular weight is 297 g/mol. The van der Waals surface area contributed by atoms with Crippen LogP contribution in [0.15, 0.2) is 0 Å². The minimum absolute atomic E-state index is 0.00443. The van der Waals surface area contributed by atoms with E-state index in [0.717, 1.165) is 0 Å². The van der Waals surface area contributed by atoms with E-state index in [0.29, 0.717) is 0 Å². The summed E-state index contributed by atoms with van der Waals surface area (Å²) in [6.07, 6.45) is -0.315. The summed E-state index contributed by atoms with van der Waals surface area (Å²) in [5.74, 6) is -2.45. The fourth-order valence-electron chi connectivity index (χ4n) is 1.20. The van der Waals surface area contributed by atoms with Gasteiger partial charge in [-0.2, -0.15) is 0 Å². The number of rotatable bonds is 10. The second-order valence-corrected chi connectivity index (χ2v) is 5.54. The van der Waals surface area contributed by atoms with E-state index in [1.807, 2.05) is 4.72 Å². The molecule has 0 heterocycles. The highest BCUT2D eigenvalue weighted by atomic mass is 32.2. The summed E-state index contributed by atoms with van der Waals surface area (Å²) < 4.78 is 34.5. The van der Waals surface area contributed by atoms with Crippen LogP contribution in [0, 0.1) is 0 Å². The number of hydrogen-bond donors (Lipinski definition) is 2. The fraction of sp³-hybridized carbons (Fsp3) is 0.800. The Hall–Kier alpha value is -1.19. The van der Waals surface area contributed by atoms with Crippen molar-refractivity contribution < 1.29 is 32.6 Å². The minimum Gasteiger partial charge on any atom is -0.480 e. The number of esters is 1. The monoisotopic (exact) mass is 297 g/mol. The average Bonchev–Trinajstić information content (AvgIpc) is 2.32. The lowest BCUT2D eigenvalue weighted by atomic mass is 10.2. The van der Waals surface area contributed by atoms with Gasteiger partial charge in [0.25, 0.3) is 0 Å². The third-order valence-corrected chi connectivity index (χ3v) is 3.50. The molecule has 0 saturated carbocycles. The summed E-state index contributed by atoms with van der Waals surface area (Å²) in [6.45, 7) is 1.88. The molecule has 112 valence electrons. The predicted molar refractivity (Wildman–Crippen MR) is 66.1 cm³/mol. The van der Waals surface area contributed by atoms with Gasteiger partial charge < -0.3 is 14.6 Å². The number of carbonyl (C=O) groups is 2. The van der Waals surface area contributed by atoms with Crippen molar-refractivity contribution in [3.63, 3.8) is 0 Å². The van der Waals surface area contributed by atoms with E-state index in [-0.39, 0.29) is 26.1 Å². The lowest BCUT2D eigenvalue weighted by molar-refractivity contribution is -0.142. The molecule has 0 aliphatic carbocycles. The largest absolute Gasteiger partial charge is 0.480 e. The van der Waals surface area contributed by atoms with E-state index < -0.39 is 33.8 Å². The van der Waals surface area contributed by atoms with Gasteiger partial charge in [-0.1, -0.05) is 0 Å². The third-order valence-electron chi connectivity index (χ3n) is 2.11. The first-order valence-electron chi connectivity index (χ1n) is 5.69. The molecule has 8 nitrogen and oxygen atoms in total. The molecular weight excluding hydrogens is 278 g/mol. The quantitative estimate of drug-likeness (QED) is 0.514. The van der Waals surface area contributed by atoms with Gasteiger partial charge in [0.1, 0.15) is 6.04 Å². The molecule has 0 aliphatic heterocycles. The van der Waals surface area contributed by atoms with Gasteiger partial charge in [0.05, 0.1) is 18.8 Å². The zero-order valence-electron chi connectivity index (χ0n) is 10.9. The van der Waals surface area contributed by atoms with E-state index in [9.17, 15) is 18.0 Å². The Morgan fingerprint density at radius 2 is 2.00 bits per heavy atom. The number of nitrogens with one attached hydrogen (secondary N) is 1. The fourth-order valence-corrected chi connectivity index (χ4v) is 2.40. The topological polar surface area (TPSA) is 119 Å². The Kier molecular flexibility index (Phi) is 8.28. The third kappa shape index (κ3) is 8.51. The molecular formula is C10H19NO7S. The number of methoxy groups -OCH3 is 1. The first-order valence-corrected chi connectivity index (χ1v) is 7.35. The van der Waals surface area contributed by atoms with Crippen LogP contribution in [0.5, 0.6) is 0 Å². The second-order valence-electron chi connectivity index (χ2n) is 3.66. The van der Waals surface area contributed by atoms with Crippen LogP contribution in [0.4, 0.5) is 0 Å². The maximum absolute atomic E-state index is 11.6. The molecule has 0 bridgehead atoms. The molecule has 0 spiro atoms. The molecule has 0 aromatic carbocycles. The Morgan fingerprint density at radius 1 is 1.37 bits per heavy atom. The number of carboxylic acid groups (broad SMARTS) is 1. The number of carboxylic acids is 1. The van der Waals surface area contributed by atoms with Gasteiger partial charge in [0, 0.05) is 13.7 Å². The smallest absolute Gasteiger partial charge is 0.321 e. The van der Waals surface area contributed by atoms with Crippen LogP contribution >= 0.6 is 0 Å². The minimum atomic E-state index is -3.86. The van der Waals surface area contributed by atoms with Gasteiger partial charge in [-0.25, -0.2) is 13.1 Å². The van der Waals surface area contributed by atoms with Crippen LogP contribution in [0.1, 0.15) is 19.8 Å². The van der Waals surface area contributed by atoms with Gasteiger partial charge in [0.2, 0.25) is 10.0 Å². The Labute approximate surface area is 112 Å². The molecule has 2 N–H and O–H groups in total. The van der Waals surface area contributed by atoms with Crippen molar-refractivity contribution in [3.05, 3.63) is 0 Å². The molecule has 0 fully saturated rings. The molecule has 19 heavy (non-hydrogen) atoms. The van der Waals surface area contributed by atoms with Crippen LogP contribution in [-0.2, 0) is 29.1 Å². The maximum atomic E-state index is 11.6. The number of sulfonamides is 1. The highest BCUT2D eigenvalue weighted by Crippen LogP contribution is 1.99. The molecule has 0 rings (SSSR count). The first-order chi connectivity index (χ1) is 8.82. The predicted octanol–water partition coefficient (Wildman–Crippen LogP) is -0.651. The molecule has 0 aromatic rings. The summed E-state index contributed by atoms with van der Waals surface area (Å²) >= 11 is 0.